The summed E-state index contributed by atoms with van der Waals surface area (Å²) in [6, 6.07) is -8.91. The molecule has 39 atom stereocenters. The van der Waals surface area contributed by atoms with Crippen LogP contribution in [0.2, 0.25) is 0 Å². The first-order valence-corrected chi connectivity index (χ1v) is 42.7. The second-order valence-electron chi connectivity index (χ2n) is 26.3. The van der Waals surface area contributed by atoms with Gasteiger partial charge in [0.05, 0.1) is 33.0 Å². The highest BCUT2D eigenvalue weighted by Gasteiger charge is 2.64. The normalized spacial score (nSPS) is 42.9. The molecule has 28 N–H and O–H groups in total. The average molecular weight is 1910 g/mol. The highest BCUT2D eigenvalue weighted by Crippen LogP contribution is 2.41. The number of carbonyl (C=O) groups is 4. The minimum Gasteiger partial charge on any atom is -0.479 e. The average Bonchev–Trinajstić information content (AvgIpc) is 0.919. The van der Waals surface area contributed by atoms with Gasteiger partial charge in [0.2, 0.25) is 0 Å². The van der Waals surface area contributed by atoms with Gasteiger partial charge in [-0.05, 0) is 0 Å². The van der Waals surface area contributed by atoms with Gasteiger partial charge in [-0.25, -0.2) is 35.9 Å². The standard InChI is InChI=1S/C48H77N3O62S7/c52-1-6-14(55)25(7(2-53)97-6)101-46-22(63)20(61)29(35(109-46)39(68)69)105-42-11(49-114(74,75)76)15(56)26(8(3-54)98-42)103-47-33(112-119(89,90)91)23(64)30(36(110-47)40(70)71)107-44-13(51-116(80,81)82)17(58)28(10(100-44)5-96-118(86,87)88)104-48-34(113-120(92,93)94)24(65)31(37(111-48)41(72)73)106-43-12(50-115(77,78)79)16(57)27(9(99-43)4-95-117(83,84)85)102-45-21(62)18(59)19(60)32(108-45)38(66)67/h6-37,42-65H,1-5H2,(H,66,67)(H,68,69)(H,70,71)(H,72,73)(H,74,75,76)(H,77,78,79)(H,80,81,82)(H,83,84,85)(H,86,87,88)(H,89,90,91)(H,92,93,94)/t6-,7-,8-,9-,10-,11-,12-,13-,14-,15-,16-,17-,18+,19+,20-,21-,22-,23+,24+,25-,26-,27-,28-,29+,30+,31+,32+,33-,34-,35-,36-,37-,42-,43-,44-,45-,46-,47-,48-/m1/s1. The fraction of sp³-hybridized carbons (Fsp3) is 0.917. The molecule has 8 rings (SSSR count). The number of aliphatic carboxylic acids is 4. The van der Waals surface area contributed by atoms with Crippen LogP contribution in [0.15, 0.2) is 0 Å². The molecule has 0 aromatic carbocycles. The number of hydrogen-bond donors (Lipinski definition) is 28. The number of hydrogen-bond acceptors (Lipinski definition) is 51. The van der Waals surface area contributed by atoms with Gasteiger partial charge in [0.1, 0.15) is 159 Å². The number of ether oxygens (including phenoxy) is 15. The molecule has 72 heteroatoms. The summed E-state index contributed by atoms with van der Waals surface area (Å²) >= 11 is 0. The summed E-state index contributed by atoms with van der Waals surface area (Å²) in [4.78, 5) is 51.1. The monoisotopic (exact) mass is 1910 g/mol. The number of carboxylic acids is 4. The first kappa shape index (κ1) is 101. The maximum atomic E-state index is 13.3. The van der Waals surface area contributed by atoms with Gasteiger partial charge in [-0.1, -0.05) is 0 Å². The third-order valence-electron chi connectivity index (χ3n) is 18.2. The molecule has 8 saturated heterocycles. The van der Waals surface area contributed by atoms with Gasteiger partial charge in [-0.2, -0.15) is 73.1 Å². The van der Waals surface area contributed by atoms with Crippen LogP contribution >= 0.6 is 0 Å². The maximum Gasteiger partial charge on any atom is 0.397 e. The van der Waals surface area contributed by atoms with Crippen LogP contribution in [0.25, 0.3) is 0 Å². The van der Waals surface area contributed by atoms with Crippen LogP contribution in [0, 0.1) is 0 Å². The smallest absolute Gasteiger partial charge is 0.397 e. The van der Waals surface area contributed by atoms with Crippen LogP contribution in [-0.2, 0) is 179 Å². The van der Waals surface area contributed by atoms with Crippen molar-refractivity contribution in [1.29, 1.82) is 0 Å². The molecule has 0 amide bonds. The van der Waals surface area contributed by atoms with E-state index in [0.717, 1.165) is 4.72 Å². The Hall–Kier alpha value is -4.19. The molecule has 0 radical (unpaired) electrons. The highest BCUT2D eigenvalue weighted by atomic mass is 32.3. The van der Waals surface area contributed by atoms with Crippen molar-refractivity contribution >= 4 is 96.4 Å². The SMILES string of the molecule is O=C(O)[C@H]1O[C@@H](O[C@H]2[C@H](O)[C@@H](NS(=O)(=O)O)[C@@H](O[C@H]3[C@H](O)[C@@H](OS(=O)(=O)O)[C@H](O[C@H]4[C@H](O)[C@@H](NS(=O)(=O)O)[C@@H](O[C@H]5[C@H](O)[C@@H](OS(=O)(=O)O)[C@H](O[C@H]6[C@H](O)[C@@H](NS(=O)(=O)O)[C@@H](O[C@H]7[C@H](O)[C@@H](O)[C@H](O[C@H]8[C@H](O)[C@@H](CO)O[C@@H]8CO)O[C@H]7C(=O)O)O[C@@H]6CO)O[C@H]5C(=O)O)O[C@@H]4COS(=O)(=O)O)O[C@H]3C(=O)O)O[C@@H]2COS(=O)(=O)O)[C@H](O)[C@@H](O)[C@@H]1O. The van der Waals surface area contributed by atoms with Crippen molar-refractivity contribution in [3.8, 4) is 0 Å². The van der Waals surface area contributed by atoms with Crippen LogP contribution in [0.1, 0.15) is 0 Å². The molecule has 8 fully saturated rings. The van der Waals surface area contributed by atoms with E-state index in [2.05, 4.69) is 16.7 Å². The van der Waals surface area contributed by atoms with E-state index in [0.29, 0.717) is 0 Å². The summed E-state index contributed by atoms with van der Waals surface area (Å²) in [7, 11) is -42.2. The van der Waals surface area contributed by atoms with E-state index in [4.69, 9.17) is 71.1 Å². The molecule has 65 nitrogen and oxygen atoms in total. The topological polar surface area (TPSA) is 1020 Å². The van der Waals surface area contributed by atoms with Crippen molar-refractivity contribution < 1.29 is 290 Å². The molecule has 0 saturated carbocycles. The van der Waals surface area contributed by atoms with E-state index in [-0.39, 0.29) is 0 Å². The van der Waals surface area contributed by atoms with E-state index >= 15 is 0 Å². The van der Waals surface area contributed by atoms with Crippen molar-refractivity contribution in [2.24, 2.45) is 0 Å². The third-order valence-corrected chi connectivity index (χ3v) is 21.8. The van der Waals surface area contributed by atoms with E-state index < -0.39 is 369 Å². The Morgan fingerprint density at radius 2 is 0.525 bits per heavy atom. The highest BCUT2D eigenvalue weighted by molar-refractivity contribution is 7.84. The van der Waals surface area contributed by atoms with E-state index in [1.54, 1.807) is 0 Å². The second-order valence-corrected chi connectivity index (χ2v) is 34.1. The summed E-state index contributed by atoms with van der Waals surface area (Å²) in [5.74, 6) is -9.38. The van der Waals surface area contributed by atoms with E-state index in [1.807, 2.05) is 0 Å². The van der Waals surface area contributed by atoms with E-state index in [1.165, 1.54) is 9.44 Å². The molecule has 0 aromatic heterocycles. The molecule has 0 bridgehead atoms. The summed E-state index contributed by atoms with van der Waals surface area (Å²) in [5, 5.41) is 195. The summed E-state index contributed by atoms with van der Waals surface area (Å²) in [6.45, 7) is -7.32. The summed E-state index contributed by atoms with van der Waals surface area (Å²) < 4.78 is 345. The Labute approximate surface area is 669 Å². The van der Waals surface area contributed by atoms with Crippen LogP contribution < -0.4 is 14.2 Å². The van der Waals surface area contributed by atoms with Gasteiger partial charge in [-0.3, -0.25) is 31.9 Å². The molecule has 0 aromatic rings. The van der Waals surface area contributed by atoms with Gasteiger partial charge >= 0.3 is 96.4 Å². The third kappa shape index (κ3) is 25.4. The Morgan fingerprint density at radius 1 is 0.258 bits per heavy atom. The van der Waals surface area contributed by atoms with Gasteiger partial charge in [-0.15, -0.1) is 0 Å². The lowest BCUT2D eigenvalue weighted by Gasteiger charge is -2.50. The first-order valence-electron chi connectivity index (χ1n) is 32.9. The Morgan fingerprint density at radius 3 is 0.833 bits per heavy atom. The molecule has 0 aliphatic carbocycles. The second kappa shape index (κ2) is 39.6. The zero-order valence-corrected chi connectivity index (χ0v) is 64.4. The van der Waals surface area contributed by atoms with Crippen molar-refractivity contribution in [3.05, 3.63) is 0 Å². The van der Waals surface area contributed by atoms with Crippen LogP contribution in [0.5, 0.6) is 0 Å². The van der Waals surface area contributed by atoms with Crippen molar-refractivity contribution in [2.45, 2.75) is 239 Å². The molecular formula is C48H77N3O62S7. The zero-order chi connectivity index (χ0) is 90.4. The van der Waals surface area contributed by atoms with Gasteiger partial charge in [0, 0.05) is 0 Å². The van der Waals surface area contributed by atoms with Crippen molar-refractivity contribution in [3.63, 3.8) is 0 Å². The summed E-state index contributed by atoms with van der Waals surface area (Å²) in [6.07, 6.45) is -100. The molecular weight excluding hydrogens is 1830 g/mol. The molecule has 8 heterocycles. The predicted octanol–water partition coefficient (Wildman–Crippen LogP) is -19.9. The predicted molar refractivity (Wildman–Crippen MR) is 345 cm³/mol. The van der Waals surface area contributed by atoms with Gasteiger partial charge in [0.15, 0.2) is 80.7 Å². The van der Waals surface area contributed by atoms with Crippen molar-refractivity contribution in [1.82, 2.24) is 14.2 Å². The van der Waals surface area contributed by atoms with Gasteiger partial charge in [0.25, 0.3) is 0 Å². The lowest BCUT2D eigenvalue weighted by Crippen LogP contribution is -2.71. The van der Waals surface area contributed by atoms with Crippen LogP contribution in [0.4, 0.5) is 0 Å². The van der Waals surface area contributed by atoms with Gasteiger partial charge < -0.3 is 163 Å². The Kier molecular flexibility index (Phi) is 33.4. The molecule has 0 spiro atoms. The number of aliphatic hydroxyl groups is 14. The molecule has 8 aliphatic rings. The maximum absolute atomic E-state index is 13.3. The summed E-state index contributed by atoms with van der Waals surface area (Å²) in [5.41, 5.74) is 0. The zero-order valence-electron chi connectivity index (χ0n) is 58.7. The minimum atomic E-state index is -6.33. The first-order chi connectivity index (χ1) is 55.1. The Balaban J connectivity index is 1.10. The molecule has 698 valence electrons. The fourth-order valence-corrected chi connectivity index (χ4v) is 16.5. The quantitative estimate of drug-likeness (QED) is 0.0257. The minimum absolute atomic E-state index is 0.899. The lowest BCUT2D eigenvalue weighted by atomic mass is 9.94. The molecule has 120 heavy (non-hydrogen) atoms. The lowest BCUT2D eigenvalue weighted by molar-refractivity contribution is -0.378. The molecule has 8 aliphatic heterocycles. The van der Waals surface area contributed by atoms with Crippen LogP contribution in [0.3, 0.4) is 0 Å². The number of rotatable bonds is 37. The largest absolute Gasteiger partial charge is 0.479 e. The molecule has 0 unspecified atom stereocenters. The van der Waals surface area contributed by atoms with Crippen LogP contribution in [-0.4, -0.2) is 479 Å². The Bertz CT molecular complexity index is 4380. The number of aliphatic hydroxyl groups excluding tert-OH is 14. The van der Waals surface area contributed by atoms with Crippen molar-refractivity contribution in [2.75, 3.05) is 33.0 Å². The van der Waals surface area contributed by atoms with E-state index in [9.17, 15) is 202 Å². The number of carboxylic acid groups (broad SMARTS) is 4. The number of nitrogens with one attached hydrogen (secondary N) is 3. The fourth-order valence-electron chi connectivity index (χ4n) is 13.1.